The zero-order valence-corrected chi connectivity index (χ0v) is 48.4. The first-order valence-electron chi connectivity index (χ1n) is 29.1. The molecule has 3 saturated heterocycles. The number of nitrogens with zero attached hydrogens (tertiary/aromatic N) is 5. The van der Waals surface area contributed by atoms with Crippen LogP contribution in [0.1, 0.15) is 147 Å². The van der Waals surface area contributed by atoms with Gasteiger partial charge in [-0.25, -0.2) is 14.8 Å². The third-order valence-electron chi connectivity index (χ3n) is 15.1. The van der Waals surface area contributed by atoms with Crippen LogP contribution in [0.5, 0.6) is 0 Å². The SMILES string of the molecule is CC(NC(=O)CNC(=O)CCCCCN1C(=O)C=CC1=O)C(=O)Nc1ccc(COC(=O)N2CCCC2CO)cc1.CC1CC[C@@H](COC2C3=C2C(NC/C=C/CC(C)c2ncnc4c2C4(C)OCC2CCC(N)O2)N=CN3)O1.CCC. The highest BCUT2D eigenvalue weighted by Gasteiger charge is 2.53. The number of aliphatic hydroxyl groups excluding tert-OH is 1. The number of aliphatic hydroxyl groups is 1. The summed E-state index contributed by atoms with van der Waals surface area (Å²) in [7, 11) is 0. The number of ether oxygens (including phenoxy) is 5. The second-order valence-corrected chi connectivity index (χ2v) is 21.9. The Hall–Kier alpha value is -6.47. The van der Waals surface area contributed by atoms with E-state index in [4.69, 9.17) is 29.4 Å². The molecule has 2 aromatic rings. The number of aliphatic imine (C=N–C) groups is 1. The number of allylic oxidation sites excluding steroid dienone is 1. The molecule has 2 aliphatic carbocycles. The van der Waals surface area contributed by atoms with Crippen LogP contribution in [0.4, 0.5) is 10.5 Å². The molecule has 0 spiro atoms. The van der Waals surface area contributed by atoms with Gasteiger partial charge in [0, 0.05) is 60.9 Å². The highest BCUT2D eigenvalue weighted by Crippen LogP contribution is 2.52. The van der Waals surface area contributed by atoms with E-state index in [0.29, 0.717) is 57.4 Å². The fraction of sp³-hybridized carbons (Fsp3) is 0.610. The number of nitrogens with two attached hydrogens (primary N) is 1. The Labute approximate surface area is 481 Å². The molecule has 0 bridgehead atoms. The largest absolute Gasteiger partial charge is 0.445 e. The third-order valence-corrected chi connectivity index (χ3v) is 15.1. The maximum Gasteiger partial charge on any atom is 0.410 e. The van der Waals surface area contributed by atoms with Crippen LogP contribution in [0.15, 0.2) is 71.2 Å². The summed E-state index contributed by atoms with van der Waals surface area (Å²) in [5.74, 6) is -1.67. The predicted molar refractivity (Wildman–Crippen MR) is 305 cm³/mol. The fourth-order valence-electron chi connectivity index (χ4n) is 10.3. The van der Waals surface area contributed by atoms with Gasteiger partial charge in [-0.1, -0.05) is 57.9 Å². The Kier molecular flexibility index (Phi) is 23.6. The topological polar surface area (TPSA) is 300 Å². The first kappa shape index (κ1) is 63.1. The number of hydrogen-bond donors (Lipinski definition) is 7. The number of likely N-dealkylation sites (tertiary alicyclic amines) is 1. The van der Waals surface area contributed by atoms with Crippen LogP contribution >= 0.6 is 0 Å². The number of amides is 6. The van der Waals surface area contributed by atoms with Crippen LogP contribution in [0.25, 0.3) is 0 Å². The van der Waals surface area contributed by atoms with E-state index < -0.39 is 29.6 Å². The van der Waals surface area contributed by atoms with Crippen molar-refractivity contribution in [1.29, 1.82) is 0 Å². The maximum atomic E-state index is 12.5. The van der Waals surface area contributed by atoms with E-state index in [1.807, 2.05) is 0 Å². The molecule has 5 aliphatic heterocycles. The summed E-state index contributed by atoms with van der Waals surface area (Å²) in [6.07, 6.45) is 19.9. The standard InChI is InChI=1S/C28H40N6O4.C28H37N5O8.C3H8/c1-16(23-22-26(33-14-31-23)28(22,3)36-13-19-9-10-20(29)38-19)6-4-5-11-30-27-21-24(32-15-34-27)25(21)35-12-18-8-7-17(2)37-18;1-19(30-24(36)16-29-23(35)7-3-2-4-14-33-25(37)12-13-26(33)38)27(39)31-21-10-8-20(9-11-21)18-41-28(40)32-15-5-6-22(32)17-34;1-3-2/h4-5,14-20,25,27,30H,6-13,29H2,1-3H3,(H,32,34);8-13,19,22,34H,2-7,14-18H2,1H3,(H,29,35)(H,30,36)(H,31,39);3H2,1-2H3/b5-4+;;/t16?,17?,18-,19?,20?,25?,27?,28?;;/m0../s1. The lowest BCUT2D eigenvalue weighted by molar-refractivity contribution is -0.137. The van der Waals surface area contributed by atoms with Gasteiger partial charge >= 0.3 is 6.09 Å². The Morgan fingerprint density at radius 2 is 1.70 bits per heavy atom. The first-order chi connectivity index (χ1) is 39.5. The number of unbranched alkanes of at least 4 members (excludes halogenated alkanes) is 2. The molecule has 10 atom stereocenters. The van der Waals surface area contributed by atoms with Crippen LogP contribution in [0.3, 0.4) is 0 Å². The monoisotopic (exact) mass is 1140 g/mol. The molecule has 1 aromatic carbocycles. The number of imide groups is 1. The van der Waals surface area contributed by atoms with Gasteiger partial charge in [0.15, 0.2) is 0 Å². The smallest absolute Gasteiger partial charge is 0.410 e. The summed E-state index contributed by atoms with van der Waals surface area (Å²) in [6, 6.07) is 5.65. The van der Waals surface area contributed by atoms with E-state index in [1.54, 1.807) is 36.9 Å². The number of hydrogen-bond acceptors (Lipinski definition) is 18. The zero-order chi connectivity index (χ0) is 58.8. The third kappa shape index (κ3) is 17.8. The van der Waals surface area contributed by atoms with Crippen molar-refractivity contribution in [3.63, 3.8) is 0 Å². The van der Waals surface area contributed by atoms with Crippen molar-refractivity contribution in [3.8, 4) is 0 Å². The van der Waals surface area contributed by atoms with Gasteiger partial charge in [0.25, 0.3) is 11.8 Å². The van der Waals surface area contributed by atoms with Gasteiger partial charge < -0.3 is 60.7 Å². The van der Waals surface area contributed by atoms with Crippen molar-refractivity contribution in [2.45, 2.75) is 186 Å². The van der Waals surface area contributed by atoms with Crippen molar-refractivity contribution in [2.24, 2.45) is 10.7 Å². The second kappa shape index (κ2) is 30.7. The molecule has 82 heavy (non-hydrogen) atoms. The molecule has 8 N–H and O–H groups in total. The average molecular weight is 1140 g/mol. The van der Waals surface area contributed by atoms with Gasteiger partial charge in [0.05, 0.1) is 74.1 Å². The first-order valence-corrected chi connectivity index (χ1v) is 29.1. The van der Waals surface area contributed by atoms with E-state index in [-0.39, 0.29) is 86.6 Å². The number of anilines is 1. The minimum absolute atomic E-state index is 0.0268. The Bertz CT molecular complexity index is 2630. The second-order valence-electron chi connectivity index (χ2n) is 21.9. The van der Waals surface area contributed by atoms with Crippen molar-refractivity contribution in [3.05, 3.63) is 88.7 Å². The van der Waals surface area contributed by atoms with E-state index in [9.17, 15) is 33.9 Å². The normalized spacial score (nSPS) is 25.3. The molecule has 7 aliphatic rings. The number of carbonyl (C=O) groups is 6. The maximum absolute atomic E-state index is 12.5. The van der Waals surface area contributed by atoms with E-state index in [0.717, 1.165) is 84.6 Å². The lowest BCUT2D eigenvalue weighted by atomic mass is 10.0. The number of benzene rings is 1. The molecule has 6 heterocycles. The molecule has 1 aromatic heterocycles. The average Bonchev–Trinajstić information content (AvgIpc) is 1.82. The van der Waals surface area contributed by atoms with Crippen LogP contribution in [-0.2, 0) is 59.9 Å². The molecule has 448 valence electrons. The Balaban J connectivity index is 0.000000226. The number of aromatic nitrogens is 2. The van der Waals surface area contributed by atoms with Gasteiger partial charge in [-0.2, -0.15) is 0 Å². The number of fused-ring (bicyclic) bond motifs is 1. The van der Waals surface area contributed by atoms with E-state index >= 15 is 0 Å². The lowest BCUT2D eigenvalue weighted by Gasteiger charge is -2.22. The van der Waals surface area contributed by atoms with Gasteiger partial charge in [0.2, 0.25) is 17.7 Å². The van der Waals surface area contributed by atoms with Crippen molar-refractivity contribution in [1.82, 2.24) is 41.0 Å². The minimum atomic E-state index is -0.856. The number of carbonyl (C=O) groups excluding carboxylic acids is 6. The predicted octanol–water partition coefficient (Wildman–Crippen LogP) is 4.59. The van der Waals surface area contributed by atoms with Crippen LogP contribution < -0.4 is 32.3 Å². The highest BCUT2D eigenvalue weighted by molar-refractivity contribution is 6.12. The molecular formula is C59H85N11O12. The summed E-state index contributed by atoms with van der Waals surface area (Å²) in [6.45, 7) is 14.6. The molecule has 23 heteroatoms. The minimum Gasteiger partial charge on any atom is -0.445 e. The number of nitrogens with one attached hydrogen (secondary N) is 5. The van der Waals surface area contributed by atoms with Crippen LogP contribution in [0.2, 0.25) is 0 Å². The van der Waals surface area contributed by atoms with Gasteiger partial charge in [-0.05, 0) is 96.3 Å². The summed E-state index contributed by atoms with van der Waals surface area (Å²) >= 11 is 0. The van der Waals surface area contributed by atoms with Crippen molar-refractivity contribution < 1.29 is 57.6 Å². The van der Waals surface area contributed by atoms with Crippen LogP contribution in [-0.4, -0.2) is 162 Å². The molecule has 3 fully saturated rings. The summed E-state index contributed by atoms with van der Waals surface area (Å²) in [5, 5.41) is 23.8. The fourth-order valence-corrected chi connectivity index (χ4v) is 10.3. The Morgan fingerprint density at radius 3 is 2.40 bits per heavy atom. The van der Waals surface area contributed by atoms with Gasteiger partial charge in [0.1, 0.15) is 43.1 Å². The molecule has 0 radical (unpaired) electrons. The molecule has 9 rings (SSSR count). The summed E-state index contributed by atoms with van der Waals surface area (Å²) < 4.78 is 29.3. The highest BCUT2D eigenvalue weighted by atomic mass is 16.6. The molecule has 9 unspecified atom stereocenters. The van der Waals surface area contributed by atoms with Crippen LogP contribution in [0, 0.1) is 0 Å². The quantitative estimate of drug-likeness (QED) is 0.0385. The summed E-state index contributed by atoms with van der Waals surface area (Å²) in [4.78, 5) is 88.2. The molecule has 6 amide bonds. The van der Waals surface area contributed by atoms with E-state index in [1.165, 1.54) is 36.0 Å². The zero-order valence-electron chi connectivity index (χ0n) is 48.4. The number of rotatable bonds is 26. The lowest BCUT2D eigenvalue weighted by Crippen LogP contribution is -2.45. The van der Waals surface area contributed by atoms with Crippen molar-refractivity contribution in [2.75, 3.05) is 51.3 Å². The molecule has 0 saturated carbocycles. The Morgan fingerprint density at radius 1 is 0.951 bits per heavy atom. The van der Waals surface area contributed by atoms with Gasteiger partial charge in [-0.15, -0.1) is 0 Å². The molecular weight excluding hydrogens is 1050 g/mol. The van der Waals surface area contributed by atoms with Gasteiger partial charge in [-0.3, -0.25) is 39.2 Å². The van der Waals surface area contributed by atoms with E-state index in [2.05, 4.69) is 88.3 Å². The molecule has 23 nitrogen and oxygen atoms in total. The summed E-state index contributed by atoms with van der Waals surface area (Å²) in [5.41, 5.74) is 12.1. The van der Waals surface area contributed by atoms with Crippen molar-refractivity contribution >= 4 is 47.7 Å².